The van der Waals surface area contributed by atoms with Crippen LogP contribution < -0.4 is 4.90 Å². The highest BCUT2D eigenvalue weighted by atomic mass is 35.5. The van der Waals surface area contributed by atoms with Gasteiger partial charge in [-0.3, -0.25) is 9.36 Å². The van der Waals surface area contributed by atoms with E-state index in [1.807, 2.05) is 64.5 Å². The van der Waals surface area contributed by atoms with E-state index in [0.717, 1.165) is 29.5 Å². The second-order valence-electron chi connectivity index (χ2n) is 7.76. The smallest absolute Gasteiger partial charge is 0.196 e. The van der Waals surface area contributed by atoms with Gasteiger partial charge in [0.05, 0.1) is 5.75 Å². The molecule has 1 saturated heterocycles. The molecular weight excluding hydrogens is 474 g/mol. The number of hydrogen-bond donors (Lipinski definition) is 0. The molecule has 0 amide bonds. The third-order valence-electron chi connectivity index (χ3n) is 5.49. The lowest BCUT2D eigenvalue weighted by Gasteiger charge is -2.25. The topological polar surface area (TPSA) is 63.9 Å². The van der Waals surface area contributed by atoms with Crippen molar-refractivity contribution in [2.45, 2.75) is 24.4 Å². The summed E-state index contributed by atoms with van der Waals surface area (Å²) in [6.07, 6.45) is 3.63. The van der Waals surface area contributed by atoms with E-state index in [0.29, 0.717) is 21.7 Å². The first kappa shape index (κ1) is 22.1. The van der Waals surface area contributed by atoms with E-state index in [1.54, 1.807) is 11.3 Å². The third kappa shape index (κ3) is 4.98. The Bertz CT molecular complexity index is 1230. The molecular formula is C24H22ClN5OS2. The molecule has 1 aliphatic rings. The number of anilines is 1. The highest BCUT2D eigenvalue weighted by molar-refractivity contribution is 7.99. The fourth-order valence-electron chi connectivity index (χ4n) is 3.79. The number of thioether (sulfide) groups is 1. The predicted molar refractivity (Wildman–Crippen MR) is 135 cm³/mol. The maximum Gasteiger partial charge on any atom is 0.196 e. The molecule has 2 aromatic heterocycles. The average molecular weight is 496 g/mol. The van der Waals surface area contributed by atoms with Crippen LogP contribution in [0.3, 0.4) is 0 Å². The molecule has 4 aromatic rings. The lowest BCUT2D eigenvalue weighted by atomic mass is 10.1. The first-order chi connectivity index (χ1) is 16.2. The Hall–Kier alpha value is -2.68. The van der Waals surface area contributed by atoms with Gasteiger partial charge in [-0.15, -0.1) is 21.5 Å². The Morgan fingerprint density at radius 2 is 1.76 bits per heavy atom. The van der Waals surface area contributed by atoms with Crippen LogP contribution in [0.4, 0.5) is 5.13 Å². The number of hydrogen-bond acceptors (Lipinski definition) is 7. The van der Waals surface area contributed by atoms with Crippen LogP contribution in [-0.2, 0) is 0 Å². The minimum absolute atomic E-state index is 0.00794. The zero-order chi connectivity index (χ0) is 22.6. The van der Waals surface area contributed by atoms with Gasteiger partial charge in [0.1, 0.15) is 5.69 Å². The zero-order valence-electron chi connectivity index (χ0n) is 17.9. The average Bonchev–Trinajstić information content (AvgIpc) is 3.52. The molecule has 1 fully saturated rings. The minimum Gasteiger partial charge on any atom is -0.348 e. The Balaban J connectivity index is 1.37. The van der Waals surface area contributed by atoms with Crippen molar-refractivity contribution in [3.63, 3.8) is 0 Å². The molecule has 33 heavy (non-hydrogen) atoms. The van der Waals surface area contributed by atoms with E-state index in [2.05, 4.69) is 20.1 Å². The summed E-state index contributed by atoms with van der Waals surface area (Å²) in [5.74, 6) is 0.948. The number of aromatic nitrogens is 4. The highest BCUT2D eigenvalue weighted by Gasteiger charge is 2.20. The number of carbonyl (C=O) groups excluding carboxylic acids is 1. The molecule has 2 aromatic carbocycles. The van der Waals surface area contributed by atoms with Crippen molar-refractivity contribution in [2.75, 3.05) is 23.7 Å². The van der Waals surface area contributed by atoms with E-state index in [1.165, 1.54) is 31.0 Å². The van der Waals surface area contributed by atoms with Gasteiger partial charge in [0.15, 0.2) is 21.9 Å². The lowest BCUT2D eigenvalue weighted by Crippen LogP contribution is -2.29. The number of benzene rings is 2. The van der Waals surface area contributed by atoms with Crippen molar-refractivity contribution < 1.29 is 4.79 Å². The Morgan fingerprint density at radius 1 is 1.00 bits per heavy atom. The van der Waals surface area contributed by atoms with Crippen molar-refractivity contribution in [3.8, 4) is 17.1 Å². The van der Waals surface area contributed by atoms with Crippen molar-refractivity contribution >= 4 is 45.6 Å². The van der Waals surface area contributed by atoms with E-state index in [9.17, 15) is 4.79 Å². The first-order valence-electron chi connectivity index (χ1n) is 10.8. The lowest BCUT2D eigenvalue weighted by molar-refractivity contribution is 0.101. The summed E-state index contributed by atoms with van der Waals surface area (Å²) >= 11 is 9.01. The van der Waals surface area contributed by atoms with Crippen LogP contribution in [0, 0.1) is 0 Å². The quantitative estimate of drug-likeness (QED) is 0.231. The standard InChI is InChI=1S/C24H22ClN5OS2/c25-18-9-11-19(12-10-18)30-22(17-7-3-1-4-8-17)27-28-24(30)33-16-21(31)20-15-32-23(26-20)29-13-5-2-6-14-29/h1,3-4,7-12,15H,2,5-6,13-14,16H2. The summed E-state index contributed by atoms with van der Waals surface area (Å²) in [7, 11) is 0. The van der Waals surface area contributed by atoms with Crippen LogP contribution in [0.2, 0.25) is 5.02 Å². The molecule has 168 valence electrons. The summed E-state index contributed by atoms with van der Waals surface area (Å²) in [4.78, 5) is 19.8. The molecule has 0 spiro atoms. The van der Waals surface area contributed by atoms with Gasteiger partial charge in [-0.2, -0.15) is 0 Å². The molecule has 0 aliphatic carbocycles. The molecule has 0 atom stereocenters. The minimum atomic E-state index is -0.00794. The van der Waals surface area contributed by atoms with Crippen LogP contribution >= 0.6 is 34.7 Å². The van der Waals surface area contributed by atoms with E-state index < -0.39 is 0 Å². The van der Waals surface area contributed by atoms with Crippen molar-refractivity contribution in [1.29, 1.82) is 0 Å². The van der Waals surface area contributed by atoms with Crippen molar-refractivity contribution in [1.82, 2.24) is 19.7 Å². The molecule has 3 heterocycles. The summed E-state index contributed by atoms with van der Waals surface area (Å²) in [5, 5.41) is 12.9. The SMILES string of the molecule is O=C(CSc1nnc(-c2ccccc2)n1-c1ccc(Cl)cc1)c1csc(N2CCCCC2)n1. The Labute approximate surface area is 205 Å². The highest BCUT2D eigenvalue weighted by Crippen LogP contribution is 2.30. The first-order valence-corrected chi connectivity index (χ1v) is 13.1. The molecule has 0 N–H and O–H groups in total. The Kier molecular flexibility index (Phi) is 6.75. The fourth-order valence-corrected chi connectivity index (χ4v) is 5.62. The van der Waals surface area contributed by atoms with Gasteiger partial charge in [-0.25, -0.2) is 4.98 Å². The number of Topliss-reactive ketones (excluding diaryl/α,β-unsaturated/α-hetero) is 1. The van der Waals surface area contributed by atoms with Crippen LogP contribution in [0.15, 0.2) is 65.1 Å². The maximum atomic E-state index is 12.9. The van der Waals surface area contributed by atoms with E-state index in [4.69, 9.17) is 11.6 Å². The maximum absolute atomic E-state index is 12.9. The molecule has 5 rings (SSSR count). The second kappa shape index (κ2) is 10.1. The number of ketones is 1. The number of carbonyl (C=O) groups is 1. The molecule has 0 saturated carbocycles. The molecule has 9 heteroatoms. The van der Waals surface area contributed by atoms with Crippen molar-refractivity contribution in [2.24, 2.45) is 0 Å². The van der Waals surface area contributed by atoms with Crippen LogP contribution in [-0.4, -0.2) is 44.4 Å². The van der Waals surface area contributed by atoms with Gasteiger partial charge in [0, 0.05) is 34.7 Å². The summed E-state index contributed by atoms with van der Waals surface area (Å²) < 4.78 is 1.96. The van der Waals surface area contributed by atoms with Gasteiger partial charge in [-0.1, -0.05) is 53.7 Å². The number of piperidine rings is 1. The third-order valence-corrected chi connectivity index (χ3v) is 7.57. The van der Waals surface area contributed by atoms with Crippen LogP contribution in [0.5, 0.6) is 0 Å². The summed E-state index contributed by atoms with van der Waals surface area (Å²) in [6, 6.07) is 17.4. The summed E-state index contributed by atoms with van der Waals surface area (Å²) in [6.45, 7) is 2.03. The van der Waals surface area contributed by atoms with E-state index >= 15 is 0 Å². The summed E-state index contributed by atoms with van der Waals surface area (Å²) in [5.41, 5.74) is 2.36. The van der Waals surface area contributed by atoms with Gasteiger partial charge < -0.3 is 4.90 Å². The monoisotopic (exact) mass is 495 g/mol. The molecule has 0 bridgehead atoms. The van der Waals surface area contributed by atoms with Gasteiger partial charge >= 0.3 is 0 Å². The van der Waals surface area contributed by atoms with Crippen molar-refractivity contribution in [3.05, 3.63) is 70.7 Å². The van der Waals surface area contributed by atoms with Gasteiger partial charge in [0.25, 0.3) is 0 Å². The van der Waals surface area contributed by atoms with Crippen LogP contribution in [0.1, 0.15) is 29.8 Å². The second-order valence-corrected chi connectivity index (χ2v) is 9.97. The zero-order valence-corrected chi connectivity index (χ0v) is 20.2. The van der Waals surface area contributed by atoms with Gasteiger partial charge in [0.2, 0.25) is 0 Å². The van der Waals surface area contributed by atoms with E-state index in [-0.39, 0.29) is 11.5 Å². The van der Waals surface area contributed by atoms with Gasteiger partial charge in [-0.05, 0) is 43.5 Å². The molecule has 6 nitrogen and oxygen atoms in total. The fraction of sp³-hybridized carbons (Fsp3) is 0.250. The predicted octanol–water partition coefficient (Wildman–Crippen LogP) is 6.01. The number of thiazole rings is 1. The molecule has 0 unspecified atom stereocenters. The molecule has 0 radical (unpaired) electrons. The number of halogens is 1. The molecule has 1 aliphatic heterocycles. The van der Waals surface area contributed by atoms with Crippen LogP contribution in [0.25, 0.3) is 17.1 Å². The largest absolute Gasteiger partial charge is 0.348 e. The Morgan fingerprint density at radius 3 is 2.52 bits per heavy atom. The number of rotatable bonds is 7. The normalized spacial score (nSPS) is 13.9. The number of nitrogens with zero attached hydrogens (tertiary/aromatic N) is 5.